The summed E-state index contributed by atoms with van der Waals surface area (Å²) in [5, 5.41) is 12.2. The minimum Gasteiger partial charge on any atom is -0.481 e. The molecule has 6 nitrogen and oxygen atoms in total. The largest absolute Gasteiger partial charge is 0.481 e. The molecule has 120 valence electrons. The van der Waals surface area contributed by atoms with Crippen LogP contribution in [-0.4, -0.2) is 47.4 Å². The van der Waals surface area contributed by atoms with Crippen molar-refractivity contribution < 1.29 is 19.5 Å². The predicted molar refractivity (Wildman–Crippen MR) is 78.7 cm³/mol. The Morgan fingerprint density at radius 3 is 2.24 bits per heavy atom. The number of carbonyl (C=O) groups excluding carboxylic acids is 2. The predicted octanol–water partition coefficient (Wildman–Crippen LogP) is 1.40. The molecule has 0 unspecified atom stereocenters. The van der Waals surface area contributed by atoms with Gasteiger partial charge in [-0.1, -0.05) is 19.3 Å². The van der Waals surface area contributed by atoms with Gasteiger partial charge in [0.25, 0.3) is 0 Å². The zero-order valence-electron chi connectivity index (χ0n) is 13.0. The van der Waals surface area contributed by atoms with E-state index < -0.39 is 11.4 Å². The fourth-order valence-corrected chi connectivity index (χ4v) is 2.90. The molecule has 1 fully saturated rings. The summed E-state index contributed by atoms with van der Waals surface area (Å²) in [6, 6.07) is 0. The van der Waals surface area contributed by atoms with Gasteiger partial charge in [0.1, 0.15) is 0 Å². The molecule has 1 aliphatic rings. The van der Waals surface area contributed by atoms with Crippen LogP contribution < -0.4 is 5.32 Å². The van der Waals surface area contributed by atoms with E-state index in [1.54, 1.807) is 6.92 Å². The van der Waals surface area contributed by atoms with Crippen LogP contribution >= 0.6 is 0 Å². The van der Waals surface area contributed by atoms with Crippen LogP contribution in [-0.2, 0) is 14.4 Å². The maximum absolute atomic E-state index is 12.4. The molecule has 0 aromatic carbocycles. The SMILES string of the molecule is CCNC(=O)CN(CC)C(=O)CC1(C(=O)O)CCCCC1. The Balaban J connectivity index is 2.70. The molecule has 0 saturated heterocycles. The number of aliphatic carboxylic acids is 1. The minimum atomic E-state index is -0.940. The first-order chi connectivity index (χ1) is 9.95. The highest BCUT2D eigenvalue weighted by atomic mass is 16.4. The third kappa shape index (κ3) is 4.72. The van der Waals surface area contributed by atoms with Crippen molar-refractivity contribution >= 4 is 17.8 Å². The van der Waals surface area contributed by atoms with Gasteiger partial charge in [-0.15, -0.1) is 0 Å². The molecular formula is C15H26N2O4. The third-order valence-corrected chi connectivity index (χ3v) is 4.20. The Hall–Kier alpha value is -1.59. The Kier molecular flexibility index (Phi) is 6.65. The first-order valence-corrected chi connectivity index (χ1v) is 7.73. The number of carboxylic acid groups (broad SMARTS) is 1. The highest BCUT2D eigenvalue weighted by Gasteiger charge is 2.42. The monoisotopic (exact) mass is 298 g/mol. The van der Waals surface area contributed by atoms with Crippen LogP contribution in [0.5, 0.6) is 0 Å². The second kappa shape index (κ2) is 8.00. The van der Waals surface area contributed by atoms with E-state index in [2.05, 4.69) is 5.32 Å². The molecule has 0 aromatic heterocycles. The summed E-state index contributed by atoms with van der Waals surface area (Å²) in [6.45, 7) is 4.54. The number of likely N-dealkylation sites (N-methyl/N-ethyl adjacent to an activating group) is 2. The molecule has 0 heterocycles. The second-order valence-corrected chi connectivity index (χ2v) is 5.68. The molecule has 0 aliphatic heterocycles. The number of hydrogen-bond acceptors (Lipinski definition) is 3. The number of carbonyl (C=O) groups is 3. The highest BCUT2D eigenvalue weighted by molar-refractivity contribution is 5.88. The van der Waals surface area contributed by atoms with Crippen molar-refractivity contribution in [2.75, 3.05) is 19.6 Å². The number of carboxylic acids is 1. The fraction of sp³-hybridized carbons (Fsp3) is 0.800. The molecule has 2 N–H and O–H groups in total. The van der Waals surface area contributed by atoms with E-state index >= 15 is 0 Å². The van der Waals surface area contributed by atoms with E-state index in [1.807, 2.05) is 6.92 Å². The van der Waals surface area contributed by atoms with E-state index in [0.29, 0.717) is 25.9 Å². The maximum atomic E-state index is 12.4. The molecule has 2 amide bonds. The number of nitrogens with one attached hydrogen (secondary N) is 1. The van der Waals surface area contributed by atoms with Crippen molar-refractivity contribution in [3.63, 3.8) is 0 Å². The summed E-state index contributed by atoms with van der Waals surface area (Å²) in [5.41, 5.74) is -0.940. The summed E-state index contributed by atoms with van der Waals surface area (Å²) < 4.78 is 0. The number of rotatable bonds is 7. The van der Waals surface area contributed by atoms with Crippen LogP contribution in [0.4, 0.5) is 0 Å². The van der Waals surface area contributed by atoms with Gasteiger partial charge in [0.2, 0.25) is 11.8 Å². The molecule has 0 atom stereocenters. The Bertz CT molecular complexity index is 389. The van der Waals surface area contributed by atoms with Crippen LogP contribution in [0, 0.1) is 5.41 Å². The molecule has 0 radical (unpaired) electrons. The lowest BCUT2D eigenvalue weighted by Crippen LogP contribution is -2.44. The third-order valence-electron chi connectivity index (χ3n) is 4.20. The van der Waals surface area contributed by atoms with Crippen molar-refractivity contribution in [2.24, 2.45) is 5.41 Å². The topological polar surface area (TPSA) is 86.7 Å². The van der Waals surface area contributed by atoms with E-state index in [0.717, 1.165) is 19.3 Å². The second-order valence-electron chi connectivity index (χ2n) is 5.68. The van der Waals surface area contributed by atoms with Gasteiger partial charge < -0.3 is 15.3 Å². The first kappa shape index (κ1) is 17.5. The summed E-state index contributed by atoms with van der Waals surface area (Å²) >= 11 is 0. The van der Waals surface area contributed by atoms with Crippen LogP contribution in [0.1, 0.15) is 52.4 Å². The summed E-state index contributed by atoms with van der Waals surface area (Å²) in [5.74, 6) is -1.33. The summed E-state index contributed by atoms with van der Waals surface area (Å²) in [6.07, 6.45) is 3.82. The maximum Gasteiger partial charge on any atom is 0.310 e. The average molecular weight is 298 g/mol. The highest BCUT2D eigenvalue weighted by Crippen LogP contribution is 2.40. The van der Waals surface area contributed by atoms with Gasteiger partial charge in [0, 0.05) is 19.5 Å². The van der Waals surface area contributed by atoms with Gasteiger partial charge in [0.05, 0.1) is 12.0 Å². The smallest absolute Gasteiger partial charge is 0.310 e. The zero-order valence-corrected chi connectivity index (χ0v) is 13.0. The molecule has 0 aromatic rings. The lowest BCUT2D eigenvalue weighted by molar-refractivity contribution is -0.156. The van der Waals surface area contributed by atoms with Gasteiger partial charge in [-0.25, -0.2) is 0 Å². The molecule has 1 aliphatic carbocycles. The minimum absolute atomic E-state index is 0.00112. The molecular weight excluding hydrogens is 272 g/mol. The van der Waals surface area contributed by atoms with E-state index in [4.69, 9.17) is 0 Å². The lowest BCUT2D eigenvalue weighted by Gasteiger charge is -2.34. The van der Waals surface area contributed by atoms with Crippen molar-refractivity contribution in [1.82, 2.24) is 10.2 Å². The van der Waals surface area contributed by atoms with Gasteiger partial charge in [-0.05, 0) is 26.7 Å². The number of nitrogens with zero attached hydrogens (tertiary/aromatic N) is 1. The molecule has 0 bridgehead atoms. The summed E-state index contributed by atoms with van der Waals surface area (Å²) in [7, 11) is 0. The average Bonchev–Trinajstić information content (AvgIpc) is 2.45. The Labute approximate surface area is 125 Å². The van der Waals surface area contributed by atoms with Gasteiger partial charge in [-0.3, -0.25) is 14.4 Å². The van der Waals surface area contributed by atoms with Crippen molar-refractivity contribution in [2.45, 2.75) is 52.4 Å². The zero-order chi connectivity index (χ0) is 15.9. The number of hydrogen-bond donors (Lipinski definition) is 2. The lowest BCUT2D eigenvalue weighted by atomic mass is 9.71. The summed E-state index contributed by atoms with van der Waals surface area (Å²) in [4.78, 5) is 37.0. The van der Waals surface area contributed by atoms with Crippen LogP contribution in [0.25, 0.3) is 0 Å². The van der Waals surface area contributed by atoms with Gasteiger partial charge in [0.15, 0.2) is 0 Å². The van der Waals surface area contributed by atoms with E-state index in [9.17, 15) is 19.5 Å². The standard InChI is InChI=1S/C15H26N2O4/c1-3-16-12(18)11-17(4-2)13(19)10-15(14(20)21)8-6-5-7-9-15/h3-11H2,1-2H3,(H,16,18)(H,20,21). The van der Waals surface area contributed by atoms with Gasteiger partial charge in [-0.2, -0.15) is 0 Å². The van der Waals surface area contributed by atoms with Gasteiger partial charge >= 0.3 is 5.97 Å². The molecule has 1 saturated carbocycles. The van der Waals surface area contributed by atoms with Crippen molar-refractivity contribution in [1.29, 1.82) is 0 Å². The Morgan fingerprint density at radius 1 is 1.14 bits per heavy atom. The van der Waals surface area contributed by atoms with Crippen LogP contribution in [0.15, 0.2) is 0 Å². The molecule has 0 spiro atoms. The number of amides is 2. The van der Waals surface area contributed by atoms with Crippen LogP contribution in [0.2, 0.25) is 0 Å². The Morgan fingerprint density at radius 2 is 1.76 bits per heavy atom. The molecule has 21 heavy (non-hydrogen) atoms. The quantitative estimate of drug-likeness (QED) is 0.743. The normalized spacial score (nSPS) is 17.0. The fourth-order valence-electron chi connectivity index (χ4n) is 2.90. The van der Waals surface area contributed by atoms with E-state index in [-0.39, 0.29) is 24.8 Å². The van der Waals surface area contributed by atoms with Crippen molar-refractivity contribution in [3.05, 3.63) is 0 Å². The van der Waals surface area contributed by atoms with Crippen molar-refractivity contribution in [3.8, 4) is 0 Å². The molecule has 6 heteroatoms. The molecule has 1 rings (SSSR count). The first-order valence-electron chi connectivity index (χ1n) is 7.73. The van der Waals surface area contributed by atoms with E-state index in [1.165, 1.54) is 4.90 Å². The van der Waals surface area contributed by atoms with Crippen LogP contribution in [0.3, 0.4) is 0 Å².